The Morgan fingerprint density at radius 2 is 2.25 bits per heavy atom. The minimum absolute atomic E-state index is 0.0840. The SMILES string of the molecule is CCNC(=NCCNC(=O)c1cccc(Br)c1)N1CCC(c2cnn(C)c2)C1. The molecular formula is C20H27BrN6O. The molecule has 1 fully saturated rings. The lowest BCUT2D eigenvalue weighted by molar-refractivity contribution is 0.0954. The zero-order valence-electron chi connectivity index (χ0n) is 16.4. The third-order valence-electron chi connectivity index (χ3n) is 4.76. The number of amides is 1. The molecule has 0 bridgehead atoms. The number of aliphatic imine (C=N–C) groups is 1. The van der Waals surface area contributed by atoms with Gasteiger partial charge < -0.3 is 15.5 Å². The predicted molar refractivity (Wildman–Crippen MR) is 115 cm³/mol. The van der Waals surface area contributed by atoms with Crippen LogP contribution in [0.2, 0.25) is 0 Å². The molecule has 2 heterocycles. The minimum Gasteiger partial charge on any atom is -0.357 e. The molecule has 3 rings (SSSR count). The fourth-order valence-corrected chi connectivity index (χ4v) is 3.76. The van der Waals surface area contributed by atoms with Gasteiger partial charge in [0.2, 0.25) is 0 Å². The molecule has 1 unspecified atom stereocenters. The number of hydrogen-bond donors (Lipinski definition) is 2. The first-order valence-corrected chi connectivity index (χ1v) is 10.4. The van der Waals surface area contributed by atoms with Crippen LogP contribution < -0.4 is 10.6 Å². The van der Waals surface area contributed by atoms with Crippen LogP contribution in [0, 0.1) is 0 Å². The average molecular weight is 447 g/mol. The van der Waals surface area contributed by atoms with Crippen LogP contribution >= 0.6 is 15.9 Å². The zero-order chi connectivity index (χ0) is 19.9. The van der Waals surface area contributed by atoms with Crippen molar-refractivity contribution in [2.75, 3.05) is 32.7 Å². The molecule has 150 valence electrons. The van der Waals surface area contributed by atoms with Crippen molar-refractivity contribution in [2.45, 2.75) is 19.3 Å². The fraction of sp³-hybridized carbons (Fsp3) is 0.450. The van der Waals surface area contributed by atoms with Crippen molar-refractivity contribution < 1.29 is 4.79 Å². The van der Waals surface area contributed by atoms with E-state index >= 15 is 0 Å². The van der Waals surface area contributed by atoms with Crippen molar-refractivity contribution >= 4 is 27.8 Å². The smallest absolute Gasteiger partial charge is 0.251 e. The van der Waals surface area contributed by atoms with Crippen LogP contribution in [-0.4, -0.2) is 59.3 Å². The number of carbonyl (C=O) groups excluding carboxylic acids is 1. The van der Waals surface area contributed by atoms with Crippen molar-refractivity contribution in [3.05, 3.63) is 52.3 Å². The second-order valence-electron chi connectivity index (χ2n) is 6.88. The van der Waals surface area contributed by atoms with Crippen LogP contribution in [0.25, 0.3) is 0 Å². The highest BCUT2D eigenvalue weighted by molar-refractivity contribution is 9.10. The molecule has 0 aliphatic carbocycles. The molecule has 1 aliphatic rings. The molecule has 0 saturated carbocycles. The Bertz CT molecular complexity index is 834. The Labute approximate surface area is 174 Å². The van der Waals surface area contributed by atoms with E-state index in [4.69, 9.17) is 4.99 Å². The van der Waals surface area contributed by atoms with E-state index in [1.807, 2.05) is 36.1 Å². The molecular weight excluding hydrogens is 420 g/mol. The van der Waals surface area contributed by atoms with Gasteiger partial charge in [0.05, 0.1) is 12.7 Å². The van der Waals surface area contributed by atoms with Gasteiger partial charge in [-0.2, -0.15) is 5.10 Å². The number of guanidine groups is 1. The van der Waals surface area contributed by atoms with Crippen LogP contribution in [0.4, 0.5) is 0 Å². The molecule has 7 nitrogen and oxygen atoms in total. The summed E-state index contributed by atoms with van der Waals surface area (Å²) in [5, 5.41) is 10.6. The van der Waals surface area contributed by atoms with Gasteiger partial charge in [0, 0.05) is 55.4 Å². The highest BCUT2D eigenvalue weighted by atomic mass is 79.9. The first-order chi connectivity index (χ1) is 13.6. The van der Waals surface area contributed by atoms with Gasteiger partial charge in [-0.25, -0.2) is 0 Å². The average Bonchev–Trinajstić information content (AvgIpc) is 3.33. The van der Waals surface area contributed by atoms with Gasteiger partial charge in [-0.3, -0.25) is 14.5 Å². The largest absolute Gasteiger partial charge is 0.357 e. The summed E-state index contributed by atoms with van der Waals surface area (Å²) in [6.07, 6.45) is 5.14. The van der Waals surface area contributed by atoms with Crippen molar-refractivity contribution in [3.8, 4) is 0 Å². The van der Waals surface area contributed by atoms with Gasteiger partial charge >= 0.3 is 0 Å². The maximum atomic E-state index is 12.2. The zero-order valence-corrected chi connectivity index (χ0v) is 17.9. The predicted octanol–water partition coefficient (Wildman–Crippen LogP) is 2.37. The van der Waals surface area contributed by atoms with E-state index in [-0.39, 0.29) is 5.91 Å². The summed E-state index contributed by atoms with van der Waals surface area (Å²) >= 11 is 3.39. The lowest BCUT2D eigenvalue weighted by atomic mass is 10.0. The Kier molecular flexibility index (Phi) is 7.08. The molecule has 1 saturated heterocycles. The number of nitrogens with zero attached hydrogens (tertiary/aromatic N) is 4. The molecule has 8 heteroatoms. The Morgan fingerprint density at radius 3 is 2.96 bits per heavy atom. The number of rotatable bonds is 6. The second-order valence-corrected chi connectivity index (χ2v) is 7.80. The first-order valence-electron chi connectivity index (χ1n) is 9.62. The van der Waals surface area contributed by atoms with Crippen LogP contribution in [0.3, 0.4) is 0 Å². The number of halogens is 1. The topological polar surface area (TPSA) is 74.6 Å². The van der Waals surface area contributed by atoms with Crippen molar-refractivity contribution in [1.29, 1.82) is 0 Å². The van der Waals surface area contributed by atoms with Gasteiger partial charge in [0.1, 0.15) is 0 Å². The van der Waals surface area contributed by atoms with E-state index in [2.05, 4.69) is 49.7 Å². The van der Waals surface area contributed by atoms with E-state index in [0.29, 0.717) is 24.6 Å². The number of nitrogens with one attached hydrogen (secondary N) is 2. The highest BCUT2D eigenvalue weighted by Gasteiger charge is 2.26. The van der Waals surface area contributed by atoms with E-state index in [1.54, 1.807) is 6.07 Å². The maximum absolute atomic E-state index is 12.2. The number of aromatic nitrogens is 2. The number of carbonyl (C=O) groups is 1. The van der Waals surface area contributed by atoms with Gasteiger partial charge in [0.15, 0.2) is 5.96 Å². The van der Waals surface area contributed by atoms with Crippen LogP contribution in [0.5, 0.6) is 0 Å². The molecule has 28 heavy (non-hydrogen) atoms. The van der Waals surface area contributed by atoms with Crippen molar-refractivity contribution in [3.63, 3.8) is 0 Å². The molecule has 1 aromatic heterocycles. The number of likely N-dealkylation sites (tertiary alicyclic amines) is 1. The number of aryl methyl sites for hydroxylation is 1. The standard InChI is InChI=1S/C20H27BrN6O/c1-3-22-20(27-10-7-16(14-27)17-12-25-26(2)13-17)24-9-8-23-19(28)15-5-4-6-18(21)11-15/h4-6,11-13,16H,3,7-10,14H2,1-2H3,(H,22,24)(H,23,28). The Hall–Kier alpha value is -2.35. The molecule has 0 spiro atoms. The number of hydrogen-bond acceptors (Lipinski definition) is 3. The van der Waals surface area contributed by atoms with Crippen molar-refractivity contribution in [2.24, 2.45) is 12.0 Å². The van der Waals surface area contributed by atoms with Crippen LogP contribution in [-0.2, 0) is 7.05 Å². The maximum Gasteiger partial charge on any atom is 0.251 e. The minimum atomic E-state index is -0.0840. The fourth-order valence-electron chi connectivity index (χ4n) is 3.36. The molecule has 1 aromatic carbocycles. The summed E-state index contributed by atoms with van der Waals surface area (Å²) in [6.45, 7) is 5.82. The molecule has 1 atom stereocenters. The molecule has 1 aliphatic heterocycles. The summed E-state index contributed by atoms with van der Waals surface area (Å²) in [6, 6.07) is 7.37. The number of benzene rings is 1. The quantitative estimate of drug-likeness (QED) is 0.405. The first kappa shape index (κ1) is 20.4. The van der Waals surface area contributed by atoms with E-state index in [9.17, 15) is 4.79 Å². The third kappa shape index (κ3) is 5.34. The Morgan fingerprint density at radius 1 is 1.39 bits per heavy atom. The summed E-state index contributed by atoms with van der Waals surface area (Å²) in [5.74, 6) is 1.30. The van der Waals surface area contributed by atoms with Gasteiger partial charge in [-0.1, -0.05) is 22.0 Å². The Balaban J connectivity index is 1.52. The molecule has 0 radical (unpaired) electrons. The van der Waals surface area contributed by atoms with Crippen molar-refractivity contribution in [1.82, 2.24) is 25.3 Å². The van der Waals surface area contributed by atoms with E-state index in [0.717, 1.165) is 36.5 Å². The normalized spacial score (nSPS) is 17.0. The van der Waals surface area contributed by atoms with Gasteiger partial charge in [-0.05, 0) is 37.1 Å². The monoisotopic (exact) mass is 446 g/mol. The second kappa shape index (κ2) is 9.73. The third-order valence-corrected chi connectivity index (χ3v) is 5.26. The van der Waals surface area contributed by atoms with E-state index in [1.165, 1.54) is 5.56 Å². The summed E-state index contributed by atoms with van der Waals surface area (Å²) in [7, 11) is 1.95. The van der Waals surface area contributed by atoms with Crippen LogP contribution in [0.15, 0.2) is 46.1 Å². The molecule has 2 aromatic rings. The van der Waals surface area contributed by atoms with Gasteiger partial charge in [-0.15, -0.1) is 0 Å². The lowest BCUT2D eigenvalue weighted by Crippen LogP contribution is -2.40. The van der Waals surface area contributed by atoms with E-state index < -0.39 is 0 Å². The summed E-state index contributed by atoms with van der Waals surface area (Å²) < 4.78 is 2.75. The molecule has 1 amide bonds. The van der Waals surface area contributed by atoms with Gasteiger partial charge in [0.25, 0.3) is 5.91 Å². The highest BCUT2D eigenvalue weighted by Crippen LogP contribution is 2.26. The lowest BCUT2D eigenvalue weighted by Gasteiger charge is -2.21. The summed E-state index contributed by atoms with van der Waals surface area (Å²) in [4.78, 5) is 19.2. The van der Waals surface area contributed by atoms with Crippen LogP contribution in [0.1, 0.15) is 35.2 Å². The summed E-state index contributed by atoms with van der Waals surface area (Å²) in [5.41, 5.74) is 1.92. The molecule has 2 N–H and O–H groups in total.